The summed E-state index contributed by atoms with van der Waals surface area (Å²) in [6.45, 7) is 2.07. The molecule has 1 saturated carbocycles. The van der Waals surface area contributed by atoms with Crippen LogP contribution in [-0.2, 0) is 11.3 Å². The van der Waals surface area contributed by atoms with Crippen molar-refractivity contribution in [2.24, 2.45) is 0 Å². The SMILES string of the molecule is Cc1nnc(COC(=O)c2cccc3cc[nH]c23)n1C1CC1. The van der Waals surface area contributed by atoms with E-state index in [-0.39, 0.29) is 12.6 Å². The summed E-state index contributed by atoms with van der Waals surface area (Å²) in [7, 11) is 0. The molecule has 0 unspecified atom stereocenters. The lowest BCUT2D eigenvalue weighted by Gasteiger charge is -2.08. The fourth-order valence-corrected chi connectivity index (χ4v) is 2.78. The zero-order valence-corrected chi connectivity index (χ0v) is 12.2. The molecule has 3 aromatic rings. The minimum Gasteiger partial charge on any atom is -0.454 e. The molecule has 2 aromatic heterocycles. The van der Waals surface area contributed by atoms with Gasteiger partial charge in [0.25, 0.3) is 0 Å². The number of esters is 1. The zero-order chi connectivity index (χ0) is 15.1. The summed E-state index contributed by atoms with van der Waals surface area (Å²) in [6.07, 6.45) is 4.09. The number of aryl methyl sites for hydroxylation is 1. The molecule has 0 radical (unpaired) electrons. The second-order valence-corrected chi connectivity index (χ2v) is 5.59. The van der Waals surface area contributed by atoms with Crippen LogP contribution >= 0.6 is 0 Å². The highest BCUT2D eigenvalue weighted by atomic mass is 16.5. The lowest BCUT2D eigenvalue weighted by Crippen LogP contribution is -2.10. The van der Waals surface area contributed by atoms with Crippen LogP contribution in [0.2, 0.25) is 0 Å². The molecule has 0 spiro atoms. The Morgan fingerprint density at radius 2 is 2.23 bits per heavy atom. The maximum atomic E-state index is 12.3. The van der Waals surface area contributed by atoms with E-state index < -0.39 is 0 Å². The summed E-state index contributed by atoms with van der Waals surface area (Å²) < 4.78 is 7.51. The van der Waals surface area contributed by atoms with Gasteiger partial charge in [-0.15, -0.1) is 10.2 Å². The number of H-pyrrole nitrogens is 1. The van der Waals surface area contributed by atoms with Crippen molar-refractivity contribution in [2.45, 2.75) is 32.4 Å². The quantitative estimate of drug-likeness (QED) is 0.751. The van der Waals surface area contributed by atoms with Crippen molar-refractivity contribution in [3.63, 3.8) is 0 Å². The predicted octanol–water partition coefficient (Wildman–Crippen LogP) is 2.76. The Kier molecular flexibility index (Phi) is 2.96. The molecule has 1 fully saturated rings. The van der Waals surface area contributed by atoms with E-state index in [4.69, 9.17) is 4.74 Å². The lowest BCUT2D eigenvalue weighted by molar-refractivity contribution is 0.0459. The molecule has 1 aliphatic carbocycles. The molecule has 6 heteroatoms. The van der Waals surface area contributed by atoms with Gasteiger partial charge in [-0.2, -0.15) is 0 Å². The largest absolute Gasteiger partial charge is 0.454 e. The Bertz CT molecular complexity index is 845. The first-order valence-electron chi connectivity index (χ1n) is 7.37. The van der Waals surface area contributed by atoms with Gasteiger partial charge >= 0.3 is 5.97 Å². The number of para-hydroxylation sites is 1. The molecule has 2 heterocycles. The summed E-state index contributed by atoms with van der Waals surface area (Å²) in [6, 6.07) is 7.96. The maximum Gasteiger partial charge on any atom is 0.340 e. The number of carbonyl (C=O) groups excluding carboxylic acids is 1. The van der Waals surface area contributed by atoms with Crippen LogP contribution in [0.5, 0.6) is 0 Å². The van der Waals surface area contributed by atoms with E-state index in [1.807, 2.05) is 31.3 Å². The van der Waals surface area contributed by atoms with E-state index in [0.717, 1.165) is 29.6 Å². The molecular weight excluding hydrogens is 280 g/mol. The van der Waals surface area contributed by atoms with Crippen LogP contribution < -0.4 is 0 Å². The van der Waals surface area contributed by atoms with Gasteiger partial charge in [0.05, 0.1) is 11.1 Å². The number of carbonyl (C=O) groups is 1. The Labute approximate surface area is 127 Å². The second-order valence-electron chi connectivity index (χ2n) is 5.59. The van der Waals surface area contributed by atoms with Gasteiger partial charge in [0.15, 0.2) is 12.4 Å². The molecule has 0 atom stereocenters. The van der Waals surface area contributed by atoms with Gasteiger partial charge in [0.1, 0.15) is 5.82 Å². The monoisotopic (exact) mass is 296 g/mol. The average molecular weight is 296 g/mol. The van der Waals surface area contributed by atoms with E-state index in [0.29, 0.717) is 17.4 Å². The van der Waals surface area contributed by atoms with Crippen LogP contribution in [0.4, 0.5) is 0 Å². The molecule has 22 heavy (non-hydrogen) atoms. The molecule has 112 valence electrons. The van der Waals surface area contributed by atoms with Gasteiger partial charge in [-0.25, -0.2) is 4.79 Å². The van der Waals surface area contributed by atoms with Gasteiger partial charge in [-0.3, -0.25) is 0 Å². The molecule has 0 bridgehead atoms. The summed E-state index contributed by atoms with van der Waals surface area (Å²) >= 11 is 0. The summed E-state index contributed by atoms with van der Waals surface area (Å²) in [5.41, 5.74) is 1.34. The number of aromatic nitrogens is 4. The van der Waals surface area contributed by atoms with Gasteiger partial charge in [-0.1, -0.05) is 12.1 Å². The molecule has 6 nitrogen and oxygen atoms in total. The van der Waals surface area contributed by atoms with Crippen LogP contribution in [-0.4, -0.2) is 25.7 Å². The predicted molar refractivity (Wildman–Crippen MR) is 80.4 cm³/mol. The highest BCUT2D eigenvalue weighted by molar-refractivity contribution is 6.02. The summed E-state index contributed by atoms with van der Waals surface area (Å²) in [5, 5.41) is 9.20. The molecule has 1 aliphatic rings. The third-order valence-corrected chi connectivity index (χ3v) is 3.99. The molecule has 0 saturated heterocycles. The van der Waals surface area contributed by atoms with Crippen LogP contribution in [0.15, 0.2) is 30.5 Å². The number of benzene rings is 1. The molecule has 4 rings (SSSR count). The van der Waals surface area contributed by atoms with Gasteiger partial charge in [-0.05, 0) is 31.9 Å². The first kappa shape index (κ1) is 13.1. The zero-order valence-electron chi connectivity index (χ0n) is 12.2. The highest BCUT2D eigenvalue weighted by Gasteiger charge is 2.28. The molecule has 1 N–H and O–H groups in total. The Morgan fingerprint density at radius 1 is 1.36 bits per heavy atom. The number of nitrogens with zero attached hydrogens (tertiary/aromatic N) is 3. The standard InChI is InChI=1S/C16H16N4O2/c1-10-18-19-14(20(10)12-5-6-12)9-22-16(21)13-4-2-3-11-7-8-17-15(11)13/h2-4,7-8,12,17H,5-6,9H2,1H3. The number of fused-ring (bicyclic) bond motifs is 1. The number of ether oxygens (including phenoxy) is 1. The third kappa shape index (κ3) is 2.16. The minimum absolute atomic E-state index is 0.146. The van der Waals surface area contributed by atoms with Crippen LogP contribution in [0.25, 0.3) is 10.9 Å². The Balaban J connectivity index is 1.54. The molecule has 0 aliphatic heterocycles. The van der Waals surface area contributed by atoms with Gasteiger partial charge in [0, 0.05) is 17.6 Å². The first-order chi connectivity index (χ1) is 10.7. The second kappa shape index (κ2) is 4.98. The van der Waals surface area contributed by atoms with E-state index in [1.54, 1.807) is 6.07 Å². The Hall–Kier alpha value is -2.63. The van der Waals surface area contributed by atoms with Crippen molar-refractivity contribution < 1.29 is 9.53 Å². The normalized spacial score (nSPS) is 14.4. The number of aromatic amines is 1. The lowest BCUT2D eigenvalue weighted by atomic mass is 10.1. The topological polar surface area (TPSA) is 72.8 Å². The van der Waals surface area contributed by atoms with Crippen molar-refractivity contribution in [2.75, 3.05) is 0 Å². The number of nitrogens with one attached hydrogen (secondary N) is 1. The smallest absolute Gasteiger partial charge is 0.340 e. The third-order valence-electron chi connectivity index (χ3n) is 3.99. The number of hydrogen-bond donors (Lipinski definition) is 1. The number of rotatable bonds is 4. The molecular formula is C16H16N4O2. The Morgan fingerprint density at radius 3 is 3.05 bits per heavy atom. The summed E-state index contributed by atoms with van der Waals surface area (Å²) in [4.78, 5) is 15.4. The van der Waals surface area contributed by atoms with E-state index in [9.17, 15) is 4.79 Å². The van der Waals surface area contributed by atoms with E-state index >= 15 is 0 Å². The highest BCUT2D eigenvalue weighted by Crippen LogP contribution is 2.36. The minimum atomic E-state index is -0.351. The van der Waals surface area contributed by atoms with Crippen molar-refractivity contribution >= 4 is 16.9 Å². The fourth-order valence-electron chi connectivity index (χ4n) is 2.78. The van der Waals surface area contributed by atoms with Crippen molar-refractivity contribution in [1.82, 2.24) is 19.7 Å². The maximum absolute atomic E-state index is 12.3. The molecule has 1 aromatic carbocycles. The number of hydrogen-bond acceptors (Lipinski definition) is 4. The van der Waals surface area contributed by atoms with Crippen LogP contribution in [0, 0.1) is 6.92 Å². The van der Waals surface area contributed by atoms with Gasteiger partial charge < -0.3 is 14.3 Å². The van der Waals surface area contributed by atoms with Crippen molar-refractivity contribution in [3.8, 4) is 0 Å². The van der Waals surface area contributed by atoms with Crippen molar-refractivity contribution in [1.29, 1.82) is 0 Å². The van der Waals surface area contributed by atoms with E-state index in [2.05, 4.69) is 19.7 Å². The first-order valence-corrected chi connectivity index (χ1v) is 7.37. The van der Waals surface area contributed by atoms with E-state index in [1.165, 1.54) is 0 Å². The average Bonchev–Trinajstić information content (AvgIpc) is 3.11. The fraction of sp³-hybridized carbons (Fsp3) is 0.312. The summed E-state index contributed by atoms with van der Waals surface area (Å²) in [5.74, 6) is 1.24. The van der Waals surface area contributed by atoms with Crippen LogP contribution in [0.1, 0.15) is 40.9 Å². The van der Waals surface area contributed by atoms with Crippen LogP contribution in [0.3, 0.4) is 0 Å². The van der Waals surface area contributed by atoms with Crippen molar-refractivity contribution in [3.05, 3.63) is 47.7 Å². The van der Waals surface area contributed by atoms with Gasteiger partial charge in [0.2, 0.25) is 0 Å². The molecule has 0 amide bonds.